The maximum atomic E-state index is 6.15. The molecule has 3 heteroatoms. The predicted molar refractivity (Wildman–Crippen MR) is 88.9 cm³/mol. The van der Waals surface area contributed by atoms with E-state index in [1.807, 2.05) is 27.0 Å². The highest BCUT2D eigenvalue weighted by atomic mass is 16.5. The van der Waals surface area contributed by atoms with Gasteiger partial charge in [-0.25, -0.2) is 0 Å². The van der Waals surface area contributed by atoms with Gasteiger partial charge in [0.25, 0.3) is 0 Å². The Morgan fingerprint density at radius 3 is 2.29 bits per heavy atom. The minimum absolute atomic E-state index is 0.156. The van der Waals surface area contributed by atoms with Crippen LogP contribution in [0.4, 0.5) is 0 Å². The van der Waals surface area contributed by atoms with E-state index in [4.69, 9.17) is 9.47 Å². The van der Waals surface area contributed by atoms with Crippen molar-refractivity contribution in [3.05, 3.63) is 29.8 Å². The van der Waals surface area contributed by atoms with Crippen LogP contribution in [0.2, 0.25) is 0 Å². The van der Waals surface area contributed by atoms with E-state index in [-0.39, 0.29) is 17.7 Å². The summed E-state index contributed by atoms with van der Waals surface area (Å²) in [5.74, 6) is 0.917. The summed E-state index contributed by atoms with van der Waals surface area (Å²) in [6, 6.07) is 8.49. The van der Waals surface area contributed by atoms with Crippen LogP contribution in [0.5, 0.6) is 5.75 Å². The van der Waals surface area contributed by atoms with Crippen LogP contribution in [-0.2, 0) is 4.74 Å². The second kappa shape index (κ2) is 8.40. The number of rotatable bonds is 9. The number of hydrogen-bond donors (Lipinski definition) is 1. The average molecular weight is 293 g/mol. The molecule has 0 fully saturated rings. The molecule has 0 bridgehead atoms. The largest absolute Gasteiger partial charge is 0.491 e. The molecule has 0 aliphatic carbocycles. The van der Waals surface area contributed by atoms with E-state index in [0.717, 1.165) is 25.2 Å². The number of ether oxygens (including phenoxy) is 2. The summed E-state index contributed by atoms with van der Waals surface area (Å²) in [7, 11) is 2.00. The molecule has 0 saturated carbocycles. The van der Waals surface area contributed by atoms with Crippen molar-refractivity contribution < 1.29 is 9.47 Å². The van der Waals surface area contributed by atoms with E-state index in [1.54, 1.807) is 0 Å². The normalized spacial score (nSPS) is 13.5. The molecular formula is C18H31NO2. The van der Waals surface area contributed by atoms with Crippen LogP contribution >= 0.6 is 0 Å². The third-order valence-electron chi connectivity index (χ3n) is 4.01. The zero-order valence-electron chi connectivity index (χ0n) is 14.4. The molecule has 3 nitrogen and oxygen atoms in total. The Bertz CT molecular complexity index is 413. The van der Waals surface area contributed by atoms with Crippen molar-refractivity contribution in [1.29, 1.82) is 0 Å². The summed E-state index contributed by atoms with van der Waals surface area (Å²) in [6.45, 7) is 11.3. The summed E-state index contributed by atoms with van der Waals surface area (Å²) in [6.07, 6.45) is 2.12. The van der Waals surface area contributed by atoms with Crippen LogP contribution in [0, 0.1) is 0 Å². The van der Waals surface area contributed by atoms with Gasteiger partial charge in [-0.1, -0.05) is 26.0 Å². The number of benzene rings is 1. The first kappa shape index (κ1) is 18.0. The minimum atomic E-state index is -0.181. The minimum Gasteiger partial charge on any atom is -0.491 e. The lowest BCUT2D eigenvalue weighted by atomic mass is 9.83. The first-order valence-corrected chi connectivity index (χ1v) is 8.10. The van der Waals surface area contributed by atoms with Crippen molar-refractivity contribution in [2.45, 2.75) is 65.2 Å². The third-order valence-corrected chi connectivity index (χ3v) is 4.01. The number of likely N-dealkylation sites (N-methyl/N-ethyl adjacent to an activating group) is 1. The maximum Gasteiger partial charge on any atom is 0.120 e. The molecule has 1 rings (SSSR count). The van der Waals surface area contributed by atoms with E-state index >= 15 is 0 Å². The van der Waals surface area contributed by atoms with Crippen molar-refractivity contribution in [2.24, 2.45) is 0 Å². The molecule has 0 radical (unpaired) electrons. The Hall–Kier alpha value is -1.06. The van der Waals surface area contributed by atoms with Gasteiger partial charge in [0.1, 0.15) is 5.75 Å². The van der Waals surface area contributed by atoms with Crippen LogP contribution < -0.4 is 10.1 Å². The summed E-state index contributed by atoms with van der Waals surface area (Å²) in [5, 5.41) is 3.45. The summed E-state index contributed by atoms with van der Waals surface area (Å²) in [5.41, 5.74) is 1.03. The molecule has 21 heavy (non-hydrogen) atoms. The van der Waals surface area contributed by atoms with E-state index in [0.29, 0.717) is 0 Å². The molecule has 0 spiro atoms. The van der Waals surface area contributed by atoms with Crippen LogP contribution in [0.15, 0.2) is 24.3 Å². The standard InChI is InChI=1S/C18H31NO2/c1-7-18(8-2,20-9-3)17(19-6)15-11-10-12-16(13-15)21-14(4)5/h10-14,17,19H,7-9H2,1-6H3. The molecule has 0 saturated heterocycles. The molecule has 0 aliphatic heterocycles. The first-order chi connectivity index (χ1) is 10.0. The van der Waals surface area contributed by atoms with Crippen LogP contribution in [-0.4, -0.2) is 25.4 Å². The van der Waals surface area contributed by atoms with E-state index in [2.05, 4.69) is 44.3 Å². The highest BCUT2D eigenvalue weighted by Gasteiger charge is 2.36. The fourth-order valence-electron chi connectivity index (χ4n) is 3.01. The summed E-state index contributed by atoms with van der Waals surface area (Å²) in [4.78, 5) is 0. The van der Waals surface area contributed by atoms with E-state index in [9.17, 15) is 0 Å². The highest BCUT2D eigenvalue weighted by molar-refractivity contribution is 5.32. The van der Waals surface area contributed by atoms with Gasteiger partial charge in [0.2, 0.25) is 0 Å². The Morgan fingerprint density at radius 2 is 1.81 bits per heavy atom. The predicted octanol–water partition coefficient (Wildman–Crippen LogP) is 4.33. The van der Waals surface area contributed by atoms with E-state index in [1.165, 1.54) is 5.56 Å². The van der Waals surface area contributed by atoms with Crippen LogP contribution in [0.25, 0.3) is 0 Å². The van der Waals surface area contributed by atoms with Crippen molar-refractivity contribution in [3.8, 4) is 5.75 Å². The molecule has 1 unspecified atom stereocenters. The summed E-state index contributed by atoms with van der Waals surface area (Å²) < 4.78 is 12.0. The zero-order valence-corrected chi connectivity index (χ0v) is 14.4. The zero-order chi connectivity index (χ0) is 15.9. The fourth-order valence-corrected chi connectivity index (χ4v) is 3.01. The molecule has 0 aromatic heterocycles. The van der Waals surface area contributed by atoms with Gasteiger partial charge in [-0.15, -0.1) is 0 Å². The smallest absolute Gasteiger partial charge is 0.120 e. The monoisotopic (exact) mass is 293 g/mol. The molecular weight excluding hydrogens is 262 g/mol. The Kier molecular flexibility index (Phi) is 7.20. The van der Waals surface area contributed by atoms with Gasteiger partial charge in [-0.2, -0.15) is 0 Å². The third kappa shape index (κ3) is 4.45. The number of nitrogens with one attached hydrogen (secondary N) is 1. The lowest BCUT2D eigenvalue weighted by Crippen LogP contribution is -2.44. The SMILES string of the molecule is CCOC(CC)(CC)C(NC)c1cccc(OC(C)C)c1. The van der Waals surface area contributed by atoms with Gasteiger partial charge in [0.15, 0.2) is 0 Å². The fraction of sp³-hybridized carbons (Fsp3) is 0.667. The van der Waals surface area contributed by atoms with Crippen molar-refractivity contribution in [3.63, 3.8) is 0 Å². The molecule has 1 N–H and O–H groups in total. The van der Waals surface area contributed by atoms with Gasteiger partial charge in [-0.3, -0.25) is 0 Å². The molecule has 0 heterocycles. The van der Waals surface area contributed by atoms with Crippen molar-refractivity contribution in [1.82, 2.24) is 5.32 Å². The van der Waals surface area contributed by atoms with Crippen molar-refractivity contribution in [2.75, 3.05) is 13.7 Å². The van der Waals surface area contributed by atoms with Crippen LogP contribution in [0.1, 0.15) is 59.1 Å². The highest BCUT2D eigenvalue weighted by Crippen LogP contribution is 2.36. The molecule has 1 aromatic carbocycles. The van der Waals surface area contributed by atoms with Gasteiger partial charge in [0.05, 0.1) is 17.7 Å². The molecule has 0 amide bonds. The lowest BCUT2D eigenvalue weighted by Gasteiger charge is -2.39. The van der Waals surface area contributed by atoms with Gasteiger partial charge in [-0.05, 0) is 58.4 Å². The van der Waals surface area contributed by atoms with Gasteiger partial charge in [0, 0.05) is 6.61 Å². The van der Waals surface area contributed by atoms with Gasteiger partial charge >= 0.3 is 0 Å². The van der Waals surface area contributed by atoms with Crippen molar-refractivity contribution >= 4 is 0 Å². The first-order valence-electron chi connectivity index (χ1n) is 8.10. The molecule has 1 aromatic rings. The Labute approximate surface area is 130 Å². The molecule has 120 valence electrons. The van der Waals surface area contributed by atoms with Crippen LogP contribution in [0.3, 0.4) is 0 Å². The Balaban J connectivity index is 3.12. The lowest BCUT2D eigenvalue weighted by molar-refractivity contribution is -0.0718. The second-order valence-corrected chi connectivity index (χ2v) is 5.67. The maximum absolute atomic E-state index is 6.15. The quantitative estimate of drug-likeness (QED) is 0.735. The van der Waals surface area contributed by atoms with Gasteiger partial charge < -0.3 is 14.8 Å². The topological polar surface area (TPSA) is 30.5 Å². The average Bonchev–Trinajstić information content (AvgIpc) is 2.46. The summed E-state index contributed by atoms with van der Waals surface area (Å²) >= 11 is 0. The van der Waals surface area contributed by atoms with E-state index < -0.39 is 0 Å². The molecule has 1 atom stereocenters. The molecule has 0 aliphatic rings. The number of hydrogen-bond acceptors (Lipinski definition) is 3. The second-order valence-electron chi connectivity index (χ2n) is 5.67. The Morgan fingerprint density at radius 1 is 1.14 bits per heavy atom.